The van der Waals surface area contributed by atoms with Crippen molar-refractivity contribution in [2.75, 3.05) is 0 Å². The van der Waals surface area contributed by atoms with Crippen molar-refractivity contribution in [1.82, 2.24) is 4.98 Å². The summed E-state index contributed by atoms with van der Waals surface area (Å²) in [5.41, 5.74) is 4.50. The van der Waals surface area contributed by atoms with Crippen LogP contribution in [0.2, 0.25) is 0 Å². The summed E-state index contributed by atoms with van der Waals surface area (Å²) >= 11 is 1.71. The first-order chi connectivity index (χ1) is 6.90. The first-order valence-corrected chi connectivity index (χ1v) is 6.10. The summed E-state index contributed by atoms with van der Waals surface area (Å²) in [5, 5.41) is 0. The maximum atomic E-state index is 4.33. The van der Waals surface area contributed by atoms with Crippen molar-refractivity contribution in [3.05, 3.63) is 29.3 Å². The number of benzene rings is 1. The highest BCUT2D eigenvalue weighted by atomic mass is 32.1. The van der Waals surface area contributed by atoms with Crippen LogP contribution in [0.15, 0.2) is 23.7 Å². The predicted octanol–water partition coefficient (Wildman–Crippen LogP) is 4.03. The second kappa shape index (κ2) is 4.56. The van der Waals surface area contributed by atoms with Crippen LogP contribution in [-0.2, 0) is 6.42 Å². The molecule has 1 aromatic carbocycles. The standard InChI is InChI=1S/C12H15NS/c1-2-3-4-5-10-6-7-12-11(8-10)13-9-14-12/h6-9H,2-5H2,1H3. The number of thiazole rings is 1. The molecule has 0 bridgehead atoms. The Labute approximate surface area is 88.8 Å². The average Bonchev–Trinajstić information content (AvgIpc) is 2.65. The average molecular weight is 205 g/mol. The minimum atomic E-state index is 1.16. The van der Waals surface area contributed by atoms with Crippen LogP contribution in [-0.4, -0.2) is 4.98 Å². The molecule has 0 N–H and O–H groups in total. The molecule has 0 spiro atoms. The van der Waals surface area contributed by atoms with E-state index in [-0.39, 0.29) is 0 Å². The van der Waals surface area contributed by atoms with Crippen molar-refractivity contribution in [2.24, 2.45) is 0 Å². The first kappa shape index (κ1) is 9.66. The van der Waals surface area contributed by atoms with E-state index in [0.29, 0.717) is 0 Å². The Morgan fingerprint density at radius 2 is 2.21 bits per heavy atom. The summed E-state index contributed by atoms with van der Waals surface area (Å²) in [6, 6.07) is 6.64. The molecular weight excluding hydrogens is 190 g/mol. The van der Waals surface area contributed by atoms with Gasteiger partial charge in [-0.3, -0.25) is 0 Å². The van der Waals surface area contributed by atoms with Crippen molar-refractivity contribution in [2.45, 2.75) is 32.6 Å². The third kappa shape index (κ3) is 2.13. The molecule has 0 saturated carbocycles. The largest absolute Gasteiger partial charge is 0.245 e. The molecule has 74 valence electrons. The van der Waals surface area contributed by atoms with Gasteiger partial charge in [-0.25, -0.2) is 4.98 Å². The normalized spacial score (nSPS) is 10.9. The van der Waals surface area contributed by atoms with Gasteiger partial charge >= 0.3 is 0 Å². The number of fused-ring (bicyclic) bond motifs is 1. The second-order valence-electron chi connectivity index (χ2n) is 3.61. The number of hydrogen-bond donors (Lipinski definition) is 0. The van der Waals surface area contributed by atoms with Gasteiger partial charge in [0.25, 0.3) is 0 Å². The van der Waals surface area contributed by atoms with Crippen LogP contribution in [0.4, 0.5) is 0 Å². The summed E-state index contributed by atoms with van der Waals surface area (Å²) in [6.45, 7) is 2.24. The molecule has 14 heavy (non-hydrogen) atoms. The van der Waals surface area contributed by atoms with Crippen molar-refractivity contribution < 1.29 is 0 Å². The summed E-state index contributed by atoms with van der Waals surface area (Å²) in [7, 11) is 0. The molecule has 1 aromatic heterocycles. The van der Waals surface area contributed by atoms with Gasteiger partial charge < -0.3 is 0 Å². The van der Waals surface area contributed by atoms with Gasteiger partial charge in [0.1, 0.15) is 0 Å². The Bertz CT molecular complexity index is 405. The number of aryl methyl sites for hydroxylation is 1. The predicted molar refractivity (Wildman–Crippen MR) is 62.8 cm³/mol. The Kier molecular flexibility index (Phi) is 3.14. The van der Waals surface area contributed by atoms with Crippen LogP contribution in [0.3, 0.4) is 0 Å². The van der Waals surface area contributed by atoms with Crippen LogP contribution in [0.5, 0.6) is 0 Å². The molecule has 0 aliphatic rings. The van der Waals surface area contributed by atoms with Gasteiger partial charge in [-0.05, 0) is 30.5 Å². The summed E-state index contributed by atoms with van der Waals surface area (Å²) in [5.74, 6) is 0. The summed E-state index contributed by atoms with van der Waals surface area (Å²) in [4.78, 5) is 4.33. The quantitative estimate of drug-likeness (QED) is 0.687. The van der Waals surface area contributed by atoms with E-state index in [1.807, 2.05) is 5.51 Å². The third-order valence-corrected chi connectivity index (χ3v) is 3.27. The minimum absolute atomic E-state index is 1.16. The fraction of sp³-hybridized carbons (Fsp3) is 0.417. The summed E-state index contributed by atoms with van der Waals surface area (Å²) in [6.07, 6.45) is 5.11. The zero-order valence-corrected chi connectivity index (χ0v) is 9.31. The summed E-state index contributed by atoms with van der Waals surface area (Å²) < 4.78 is 1.30. The van der Waals surface area contributed by atoms with Crippen LogP contribution in [0.1, 0.15) is 31.7 Å². The molecule has 1 heterocycles. The molecule has 0 fully saturated rings. The van der Waals surface area contributed by atoms with Gasteiger partial charge in [0.2, 0.25) is 0 Å². The van der Waals surface area contributed by atoms with Crippen LogP contribution < -0.4 is 0 Å². The highest BCUT2D eigenvalue weighted by Crippen LogP contribution is 2.19. The number of hydrogen-bond acceptors (Lipinski definition) is 2. The lowest BCUT2D eigenvalue weighted by Gasteiger charge is -1.99. The smallest absolute Gasteiger partial charge is 0.0814 e. The molecule has 0 unspecified atom stereocenters. The van der Waals surface area contributed by atoms with E-state index in [4.69, 9.17) is 0 Å². The van der Waals surface area contributed by atoms with E-state index < -0.39 is 0 Å². The van der Waals surface area contributed by atoms with Gasteiger partial charge in [0, 0.05) is 0 Å². The fourth-order valence-electron chi connectivity index (χ4n) is 1.64. The molecule has 2 rings (SSSR count). The van der Waals surface area contributed by atoms with Gasteiger partial charge in [-0.15, -0.1) is 11.3 Å². The second-order valence-corrected chi connectivity index (χ2v) is 4.50. The Morgan fingerprint density at radius 1 is 1.29 bits per heavy atom. The van der Waals surface area contributed by atoms with Crippen molar-refractivity contribution in [3.8, 4) is 0 Å². The Hall–Kier alpha value is -0.890. The number of rotatable bonds is 4. The van der Waals surface area contributed by atoms with Gasteiger partial charge in [0.15, 0.2) is 0 Å². The third-order valence-electron chi connectivity index (χ3n) is 2.46. The lowest BCUT2D eigenvalue weighted by molar-refractivity contribution is 0.718. The van der Waals surface area contributed by atoms with Crippen molar-refractivity contribution in [1.29, 1.82) is 0 Å². The number of unbranched alkanes of at least 4 members (excludes halogenated alkanes) is 2. The molecule has 2 heteroatoms. The maximum Gasteiger partial charge on any atom is 0.0814 e. The number of aromatic nitrogens is 1. The number of nitrogens with zero attached hydrogens (tertiary/aromatic N) is 1. The van der Waals surface area contributed by atoms with E-state index in [0.717, 1.165) is 5.52 Å². The van der Waals surface area contributed by atoms with Gasteiger partial charge in [-0.1, -0.05) is 25.8 Å². The topological polar surface area (TPSA) is 12.9 Å². The Balaban J connectivity index is 2.10. The monoisotopic (exact) mass is 205 g/mol. The van der Waals surface area contributed by atoms with E-state index in [2.05, 4.69) is 30.1 Å². The zero-order chi connectivity index (χ0) is 9.80. The SMILES string of the molecule is CCCCCc1ccc2scnc2c1. The van der Waals surface area contributed by atoms with Gasteiger partial charge in [-0.2, -0.15) is 0 Å². The molecule has 0 atom stereocenters. The molecule has 1 nitrogen and oxygen atoms in total. The van der Waals surface area contributed by atoms with E-state index >= 15 is 0 Å². The van der Waals surface area contributed by atoms with Crippen molar-refractivity contribution >= 4 is 21.6 Å². The lowest BCUT2D eigenvalue weighted by Crippen LogP contribution is -1.84. The van der Waals surface area contributed by atoms with Crippen molar-refractivity contribution in [3.63, 3.8) is 0 Å². The zero-order valence-electron chi connectivity index (χ0n) is 8.49. The highest BCUT2D eigenvalue weighted by molar-refractivity contribution is 7.16. The van der Waals surface area contributed by atoms with Crippen LogP contribution in [0.25, 0.3) is 10.2 Å². The van der Waals surface area contributed by atoms with Crippen LogP contribution in [0, 0.1) is 0 Å². The Morgan fingerprint density at radius 3 is 3.07 bits per heavy atom. The molecular formula is C12H15NS. The lowest BCUT2D eigenvalue weighted by atomic mass is 10.1. The minimum Gasteiger partial charge on any atom is -0.245 e. The van der Waals surface area contributed by atoms with Gasteiger partial charge in [0.05, 0.1) is 15.7 Å². The molecule has 0 amide bonds. The fourth-order valence-corrected chi connectivity index (χ4v) is 2.30. The first-order valence-electron chi connectivity index (χ1n) is 5.22. The van der Waals surface area contributed by atoms with E-state index in [1.165, 1.54) is 35.9 Å². The molecule has 2 aromatic rings. The van der Waals surface area contributed by atoms with Crippen LogP contribution >= 0.6 is 11.3 Å². The van der Waals surface area contributed by atoms with E-state index in [9.17, 15) is 0 Å². The maximum absolute atomic E-state index is 4.33. The molecule has 0 aliphatic carbocycles. The molecule has 0 radical (unpaired) electrons. The van der Waals surface area contributed by atoms with E-state index in [1.54, 1.807) is 11.3 Å². The molecule has 0 saturated heterocycles. The molecule has 0 aliphatic heterocycles. The highest BCUT2D eigenvalue weighted by Gasteiger charge is 1.98.